The maximum Gasteiger partial charge on any atom is 0.288 e. The van der Waals surface area contributed by atoms with Crippen LogP contribution in [0.15, 0.2) is 29.2 Å². The number of thioether (sulfide) groups is 1. The molecular formula is C13H9ClF2N2OS. The number of nitrogens with zero attached hydrogens (tertiary/aromatic N) is 2. The Balaban J connectivity index is 2.43. The molecule has 2 rings (SSSR count). The van der Waals surface area contributed by atoms with Crippen LogP contribution in [0.4, 0.5) is 8.78 Å². The smallest absolute Gasteiger partial charge is 0.288 e. The minimum atomic E-state index is -2.47. The Bertz CT molecular complexity index is 635. The summed E-state index contributed by atoms with van der Waals surface area (Å²) in [4.78, 5) is 19.6. The number of halogens is 3. The van der Waals surface area contributed by atoms with Gasteiger partial charge in [0.1, 0.15) is 11.0 Å². The fourth-order valence-corrected chi connectivity index (χ4v) is 2.42. The van der Waals surface area contributed by atoms with Gasteiger partial charge in [0, 0.05) is 10.5 Å². The van der Waals surface area contributed by atoms with Gasteiger partial charge in [0.05, 0.1) is 11.3 Å². The fraction of sp³-hybridized carbons (Fsp3) is 0.154. The van der Waals surface area contributed by atoms with E-state index in [1.54, 1.807) is 31.2 Å². The summed E-state index contributed by atoms with van der Waals surface area (Å²) in [6.07, 6.45) is 0.582. The maximum absolute atomic E-state index is 12.2. The van der Waals surface area contributed by atoms with E-state index in [-0.39, 0.29) is 10.7 Å². The Morgan fingerprint density at radius 2 is 1.90 bits per heavy atom. The number of aromatic nitrogens is 2. The molecule has 0 aliphatic rings. The van der Waals surface area contributed by atoms with Crippen LogP contribution in [0.1, 0.15) is 16.2 Å². The largest absolute Gasteiger partial charge is 0.298 e. The van der Waals surface area contributed by atoms with Crippen LogP contribution in [0.25, 0.3) is 11.3 Å². The quantitative estimate of drug-likeness (QED) is 0.481. The van der Waals surface area contributed by atoms with Gasteiger partial charge >= 0.3 is 0 Å². The van der Waals surface area contributed by atoms with Crippen LogP contribution in [0, 0.1) is 6.92 Å². The van der Waals surface area contributed by atoms with Gasteiger partial charge in [-0.05, 0) is 19.1 Å². The number of benzene rings is 1. The molecule has 0 N–H and O–H groups in total. The monoisotopic (exact) mass is 314 g/mol. The van der Waals surface area contributed by atoms with Crippen molar-refractivity contribution in [1.82, 2.24) is 9.97 Å². The maximum atomic E-state index is 12.2. The van der Waals surface area contributed by atoms with E-state index < -0.39 is 5.76 Å². The van der Waals surface area contributed by atoms with E-state index in [1.165, 1.54) is 0 Å². The number of rotatable bonds is 4. The zero-order valence-corrected chi connectivity index (χ0v) is 11.9. The van der Waals surface area contributed by atoms with Gasteiger partial charge in [-0.15, -0.1) is 0 Å². The van der Waals surface area contributed by atoms with Crippen LogP contribution in [-0.4, -0.2) is 22.0 Å². The molecule has 0 fully saturated rings. The molecule has 2 aromatic rings. The molecule has 0 saturated carbocycles. The second-order valence-corrected chi connectivity index (χ2v) is 5.27. The number of carbonyl (C=O) groups excluding carboxylic acids is 1. The van der Waals surface area contributed by atoms with Gasteiger partial charge in [-0.1, -0.05) is 35.5 Å². The molecule has 20 heavy (non-hydrogen) atoms. The predicted molar refractivity (Wildman–Crippen MR) is 74.5 cm³/mol. The lowest BCUT2D eigenvalue weighted by Gasteiger charge is -2.07. The van der Waals surface area contributed by atoms with Crippen LogP contribution in [0.2, 0.25) is 5.15 Å². The molecule has 0 saturated heterocycles. The molecule has 7 heteroatoms. The third-order valence-electron chi connectivity index (χ3n) is 2.48. The Hall–Kier alpha value is -1.53. The fourth-order valence-electron chi connectivity index (χ4n) is 1.67. The van der Waals surface area contributed by atoms with Crippen molar-refractivity contribution in [3.05, 3.63) is 40.8 Å². The number of alkyl halides is 2. The van der Waals surface area contributed by atoms with Crippen molar-refractivity contribution >= 4 is 29.6 Å². The van der Waals surface area contributed by atoms with E-state index in [4.69, 9.17) is 11.6 Å². The van der Waals surface area contributed by atoms with Crippen LogP contribution in [0.5, 0.6) is 0 Å². The van der Waals surface area contributed by atoms with Crippen LogP contribution in [-0.2, 0) is 0 Å². The lowest BCUT2D eigenvalue weighted by molar-refractivity contribution is 0.112. The molecule has 1 heterocycles. The molecule has 0 unspecified atom stereocenters. The molecule has 0 aliphatic heterocycles. The van der Waals surface area contributed by atoms with Crippen molar-refractivity contribution in [3.8, 4) is 11.3 Å². The number of aldehydes is 1. The molecular weight excluding hydrogens is 306 g/mol. The number of carbonyl (C=O) groups is 1. The van der Waals surface area contributed by atoms with Gasteiger partial charge < -0.3 is 0 Å². The molecule has 0 radical (unpaired) electrons. The van der Waals surface area contributed by atoms with Gasteiger partial charge in [0.25, 0.3) is 5.76 Å². The Kier molecular flexibility index (Phi) is 4.67. The van der Waals surface area contributed by atoms with Crippen LogP contribution in [0.3, 0.4) is 0 Å². The first kappa shape index (κ1) is 14.9. The second-order valence-electron chi connectivity index (χ2n) is 3.84. The lowest BCUT2D eigenvalue weighted by Crippen LogP contribution is -1.99. The number of aryl methyl sites for hydroxylation is 1. The Morgan fingerprint density at radius 3 is 2.45 bits per heavy atom. The summed E-state index contributed by atoms with van der Waals surface area (Å²) in [5.74, 6) is -2.04. The molecule has 0 bridgehead atoms. The van der Waals surface area contributed by atoms with Crippen molar-refractivity contribution in [3.63, 3.8) is 0 Å². The zero-order valence-electron chi connectivity index (χ0n) is 10.3. The summed E-state index contributed by atoms with van der Waals surface area (Å²) in [6.45, 7) is 1.66. The first-order valence-corrected chi connectivity index (χ1v) is 6.81. The Labute approximate surface area is 123 Å². The molecule has 0 atom stereocenters. The van der Waals surface area contributed by atoms with E-state index in [0.717, 1.165) is 0 Å². The molecule has 0 spiro atoms. The number of hydrogen-bond acceptors (Lipinski definition) is 4. The van der Waals surface area contributed by atoms with Gasteiger partial charge in [-0.2, -0.15) is 8.78 Å². The van der Waals surface area contributed by atoms with Gasteiger partial charge in [-0.25, -0.2) is 9.97 Å². The summed E-state index contributed by atoms with van der Waals surface area (Å²) < 4.78 is 24.5. The lowest BCUT2D eigenvalue weighted by atomic mass is 10.1. The minimum Gasteiger partial charge on any atom is -0.298 e. The highest BCUT2D eigenvalue weighted by Gasteiger charge is 2.13. The highest BCUT2D eigenvalue weighted by Crippen LogP contribution is 2.29. The SMILES string of the molecule is Cc1nc(Cl)c(C=O)c(-c2ccc(SC(F)F)cc2)n1. The summed E-state index contributed by atoms with van der Waals surface area (Å²) in [7, 11) is 0. The first-order valence-electron chi connectivity index (χ1n) is 5.56. The Morgan fingerprint density at radius 1 is 1.25 bits per heavy atom. The molecule has 0 aliphatic carbocycles. The van der Waals surface area contributed by atoms with Crippen molar-refractivity contribution in [1.29, 1.82) is 0 Å². The third-order valence-corrected chi connectivity index (χ3v) is 3.49. The van der Waals surface area contributed by atoms with Crippen molar-refractivity contribution in [2.75, 3.05) is 0 Å². The summed E-state index contributed by atoms with van der Waals surface area (Å²) >= 11 is 6.36. The minimum absolute atomic E-state index is 0.0773. The molecule has 0 amide bonds. The van der Waals surface area contributed by atoms with Crippen molar-refractivity contribution < 1.29 is 13.6 Å². The van der Waals surface area contributed by atoms with E-state index >= 15 is 0 Å². The standard InChI is InChI=1S/C13H9ClF2N2OS/c1-7-17-11(10(6-19)12(14)18-7)8-2-4-9(5-3-8)20-13(15)16/h2-6,13H,1H3. The average molecular weight is 315 g/mol. The van der Waals surface area contributed by atoms with E-state index in [1.807, 2.05) is 0 Å². The highest BCUT2D eigenvalue weighted by atomic mass is 35.5. The topological polar surface area (TPSA) is 42.9 Å². The second kappa shape index (κ2) is 6.28. The molecule has 3 nitrogen and oxygen atoms in total. The van der Waals surface area contributed by atoms with Crippen molar-refractivity contribution in [2.45, 2.75) is 17.6 Å². The third kappa shape index (κ3) is 3.32. The van der Waals surface area contributed by atoms with Gasteiger partial charge in [-0.3, -0.25) is 4.79 Å². The zero-order chi connectivity index (χ0) is 14.7. The van der Waals surface area contributed by atoms with E-state index in [9.17, 15) is 13.6 Å². The molecule has 1 aromatic heterocycles. The van der Waals surface area contributed by atoms with Crippen LogP contribution >= 0.6 is 23.4 Å². The molecule has 104 valence electrons. The first-order chi connectivity index (χ1) is 9.51. The predicted octanol–water partition coefficient (Wildman–Crippen LogP) is 4.23. The summed E-state index contributed by atoms with van der Waals surface area (Å²) in [5.41, 5.74) is 1.20. The summed E-state index contributed by atoms with van der Waals surface area (Å²) in [5, 5.41) is 0.0773. The highest BCUT2D eigenvalue weighted by molar-refractivity contribution is 7.99. The number of hydrogen-bond donors (Lipinski definition) is 0. The average Bonchev–Trinajstić information content (AvgIpc) is 2.38. The van der Waals surface area contributed by atoms with Gasteiger partial charge in [0.15, 0.2) is 6.29 Å². The molecule has 1 aromatic carbocycles. The van der Waals surface area contributed by atoms with Crippen molar-refractivity contribution in [2.24, 2.45) is 0 Å². The van der Waals surface area contributed by atoms with Crippen LogP contribution < -0.4 is 0 Å². The van der Waals surface area contributed by atoms with E-state index in [2.05, 4.69) is 9.97 Å². The van der Waals surface area contributed by atoms with E-state index in [0.29, 0.717) is 40.0 Å². The summed E-state index contributed by atoms with van der Waals surface area (Å²) in [6, 6.07) is 6.34. The normalized spacial score (nSPS) is 10.8. The van der Waals surface area contributed by atoms with Gasteiger partial charge in [0.2, 0.25) is 0 Å².